The molecule has 0 spiro atoms. The van der Waals surface area contributed by atoms with Crippen molar-refractivity contribution in [1.29, 1.82) is 0 Å². The van der Waals surface area contributed by atoms with Crippen LogP contribution in [0.3, 0.4) is 0 Å². The van der Waals surface area contributed by atoms with Crippen LogP contribution in [0.4, 0.5) is 5.69 Å². The van der Waals surface area contributed by atoms with Gasteiger partial charge in [-0.15, -0.1) is 11.8 Å². The molecule has 0 fully saturated rings. The highest BCUT2D eigenvalue weighted by Gasteiger charge is 2.08. The molecular formula is C13H17N3OS. The zero-order valence-corrected chi connectivity index (χ0v) is 11.5. The molecule has 1 aromatic heterocycles. The van der Waals surface area contributed by atoms with Crippen LogP contribution in [-0.4, -0.2) is 10.1 Å². The maximum atomic E-state index is 6.01. The van der Waals surface area contributed by atoms with Crippen LogP contribution in [0.25, 0.3) is 0 Å². The standard InChI is InChI=1S/C13H17N3OS/c1-3-5-11-15-12(17-16-11)8-18-10-7-4-6-9(2)13(10)14/h4,6-7H,3,5,8,14H2,1-2H3. The van der Waals surface area contributed by atoms with E-state index in [1.165, 1.54) is 0 Å². The summed E-state index contributed by atoms with van der Waals surface area (Å²) in [5.41, 5.74) is 7.94. The Labute approximate surface area is 111 Å². The van der Waals surface area contributed by atoms with Gasteiger partial charge in [0.05, 0.1) is 5.75 Å². The van der Waals surface area contributed by atoms with Gasteiger partial charge in [-0.3, -0.25) is 0 Å². The molecule has 0 aliphatic rings. The van der Waals surface area contributed by atoms with Crippen molar-refractivity contribution in [3.63, 3.8) is 0 Å². The molecule has 2 N–H and O–H groups in total. The largest absolute Gasteiger partial charge is 0.398 e. The minimum Gasteiger partial charge on any atom is -0.398 e. The average Bonchev–Trinajstić information content (AvgIpc) is 2.79. The molecule has 0 amide bonds. The number of aromatic nitrogens is 2. The van der Waals surface area contributed by atoms with Gasteiger partial charge in [0.1, 0.15) is 0 Å². The van der Waals surface area contributed by atoms with E-state index in [0.717, 1.165) is 34.8 Å². The van der Waals surface area contributed by atoms with Crippen LogP contribution < -0.4 is 5.73 Å². The van der Waals surface area contributed by atoms with Crippen molar-refractivity contribution < 1.29 is 4.52 Å². The number of nitrogens with two attached hydrogens (primary N) is 1. The Morgan fingerprint density at radius 2 is 2.22 bits per heavy atom. The molecule has 0 aliphatic heterocycles. The van der Waals surface area contributed by atoms with Crippen LogP contribution in [0.5, 0.6) is 0 Å². The van der Waals surface area contributed by atoms with E-state index in [0.29, 0.717) is 11.6 Å². The molecule has 0 saturated heterocycles. The maximum Gasteiger partial charge on any atom is 0.237 e. The summed E-state index contributed by atoms with van der Waals surface area (Å²) in [5.74, 6) is 2.10. The van der Waals surface area contributed by atoms with Gasteiger partial charge in [0.25, 0.3) is 0 Å². The molecule has 96 valence electrons. The van der Waals surface area contributed by atoms with Gasteiger partial charge in [-0.05, 0) is 25.0 Å². The van der Waals surface area contributed by atoms with Crippen LogP contribution in [0, 0.1) is 6.92 Å². The van der Waals surface area contributed by atoms with Gasteiger partial charge in [0.15, 0.2) is 5.82 Å². The fourth-order valence-corrected chi connectivity index (χ4v) is 2.48. The van der Waals surface area contributed by atoms with Crippen molar-refractivity contribution in [2.75, 3.05) is 5.73 Å². The predicted molar refractivity (Wildman–Crippen MR) is 73.4 cm³/mol. The molecule has 2 rings (SSSR count). The Morgan fingerprint density at radius 1 is 1.39 bits per heavy atom. The monoisotopic (exact) mass is 263 g/mol. The Balaban J connectivity index is 2.00. The van der Waals surface area contributed by atoms with E-state index >= 15 is 0 Å². The van der Waals surface area contributed by atoms with Crippen molar-refractivity contribution in [2.24, 2.45) is 0 Å². The van der Waals surface area contributed by atoms with E-state index in [1.54, 1.807) is 11.8 Å². The number of nitrogens with zero attached hydrogens (tertiary/aromatic N) is 2. The maximum absolute atomic E-state index is 6.01. The third kappa shape index (κ3) is 3.04. The lowest BCUT2D eigenvalue weighted by Gasteiger charge is -2.05. The smallest absolute Gasteiger partial charge is 0.237 e. The van der Waals surface area contributed by atoms with Gasteiger partial charge in [-0.1, -0.05) is 24.2 Å². The second-order valence-corrected chi connectivity index (χ2v) is 5.15. The average molecular weight is 263 g/mol. The van der Waals surface area contributed by atoms with Crippen molar-refractivity contribution in [1.82, 2.24) is 10.1 Å². The molecule has 0 radical (unpaired) electrons. The van der Waals surface area contributed by atoms with E-state index < -0.39 is 0 Å². The van der Waals surface area contributed by atoms with Crippen molar-refractivity contribution >= 4 is 17.4 Å². The Kier molecular flexibility index (Phi) is 4.25. The SMILES string of the molecule is CCCc1noc(CSc2cccc(C)c2N)n1. The molecule has 0 unspecified atom stereocenters. The second kappa shape index (κ2) is 5.91. The summed E-state index contributed by atoms with van der Waals surface area (Å²) in [6, 6.07) is 6.02. The first-order chi connectivity index (χ1) is 8.70. The summed E-state index contributed by atoms with van der Waals surface area (Å²) in [5, 5.41) is 3.93. The van der Waals surface area contributed by atoms with Crippen LogP contribution in [-0.2, 0) is 12.2 Å². The first-order valence-electron chi connectivity index (χ1n) is 6.00. The summed E-state index contributed by atoms with van der Waals surface area (Å²) in [6.07, 6.45) is 1.89. The van der Waals surface area contributed by atoms with Gasteiger partial charge in [-0.2, -0.15) is 4.98 Å². The minimum absolute atomic E-state index is 0.657. The van der Waals surface area contributed by atoms with Crippen LogP contribution in [0.2, 0.25) is 0 Å². The minimum atomic E-state index is 0.657. The number of hydrogen-bond donors (Lipinski definition) is 1. The molecule has 1 aromatic carbocycles. The van der Waals surface area contributed by atoms with E-state index in [-0.39, 0.29) is 0 Å². The topological polar surface area (TPSA) is 64.9 Å². The van der Waals surface area contributed by atoms with Crippen molar-refractivity contribution in [2.45, 2.75) is 37.3 Å². The first-order valence-corrected chi connectivity index (χ1v) is 6.98. The van der Waals surface area contributed by atoms with Gasteiger partial charge >= 0.3 is 0 Å². The quantitative estimate of drug-likeness (QED) is 0.663. The van der Waals surface area contributed by atoms with E-state index in [9.17, 15) is 0 Å². The van der Waals surface area contributed by atoms with E-state index in [1.807, 2.05) is 25.1 Å². The highest BCUT2D eigenvalue weighted by Crippen LogP contribution is 2.29. The number of nitrogen functional groups attached to an aromatic ring is 1. The molecular weight excluding hydrogens is 246 g/mol. The summed E-state index contributed by atoms with van der Waals surface area (Å²) >= 11 is 1.62. The highest BCUT2D eigenvalue weighted by molar-refractivity contribution is 7.98. The molecule has 0 atom stereocenters. The third-order valence-electron chi connectivity index (χ3n) is 2.62. The number of hydrogen-bond acceptors (Lipinski definition) is 5. The molecule has 0 bridgehead atoms. The number of benzene rings is 1. The number of para-hydroxylation sites is 1. The normalized spacial score (nSPS) is 10.8. The lowest BCUT2D eigenvalue weighted by molar-refractivity contribution is 0.384. The third-order valence-corrected chi connectivity index (χ3v) is 3.68. The van der Waals surface area contributed by atoms with Crippen LogP contribution in [0.1, 0.15) is 30.6 Å². The van der Waals surface area contributed by atoms with Gasteiger partial charge in [0, 0.05) is 17.0 Å². The zero-order chi connectivity index (χ0) is 13.0. The van der Waals surface area contributed by atoms with Gasteiger partial charge in [0.2, 0.25) is 5.89 Å². The van der Waals surface area contributed by atoms with E-state index in [2.05, 4.69) is 17.1 Å². The van der Waals surface area contributed by atoms with Gasteiger partial charge < -0.3 is 10.3 Å². The Bertz CT molecular complexity index is 525. The molecule has 18 heavy (non-hydrogen) atoms. The molecule has 2 aromatic rings. The fraction of sp³-hybridized carbons (Fsp3) is 0.385. The zero-order valence-electron chi connectivity index (χ0n) is 10.6. The number of aryl methyl sites for hydroxylation is 2. The second-order valence-electron chi connectivity index (χ2n) is 4.13. The van der Waals surface area contributed by atoms with E-state index in [4.69, 9.17) is 10.3 Å². The molecule has 0 saturated carbocycles. The molecule has 4 nitrogen and oxygen atoms in total. The first kappa shape index (κ1) is 13.0. The Hall–Kier alpha value is -1.49. The Morgan fingerprint density at radius 3 is 3.00 bits per heavy atom. The molecule has 1 heterocycles. The molecule has 5 heteroatoms. The van der Waals surface area contributed by atoms with Crippen molar-refractivity contribution in [3.05, 3.63) is 35.5 Å². The van der Waals surface area contributed by atoms with Crippen LogP contribution >= 0.6 is 11.8 Å². The highest BCUT2D eigenvalue weighted by atomic mass is 32.2. The lowest BCUT2D eigenvalue weighted by Crippen LogP contribution is -1.92. The predicted octanol–water partition coefficient (Wildman–Crippen LogP) is 3.21. The lowest BCUT2D eigenvalue weighted by atomic mass is 10.2. The summed E-state index contributed by atoms with van der Waals surface area (Å²) in [4.78, 5) is 5.39. The summed E-state index contributed by atoms with van der Waals surface area (Å²) < 4.78 is 5.19. The fourth-order valence-electron chi connectivity index (χ4n) is 1.59. The number of anilines is 1. The summed E-state index contributed by atoms with van der Waals surface area (Å²) in [6.45, 7) is 4.10. The molecule has 0 aliphatic carbocycles. The van der Waals surface area contributed by atoms with Crippen molar-refractivity contribution in [3.8, 4) is 0 Å². The summed E-state index contributed by atoms with van der Waals surface area (Å²) in [7, 11) is 0. The number of rotatable bonds is 5. The van der Waals surface area contributed by atoms with Crippen LogP contribution in [0.15, 0.2) is 27.6 Å². The van der Waals surface area contributed by atoms with Gasteiger partial charge in [-0.25, -0.2) is 0 Å². The number of thioether (sulfide) groups is 1.